The summed E-state index contributed by atoms with van der Waals surface area (Å²) in [5.74, 6) is 0. The Bertz CT molecular complexity index is 533. The molecular formula is C12H12BrN3. The average molecular weight is 278 g/mol. The first-order chi connectivity index (χ1) is 7.75. The van der Waals surface area contributed by atoms with Gasteiger partial charge in [-0.3, -0.25) is 0 Å². The highest BCUT2D eigenvalue weighted by molar-refractivity contribution is 9.10. The number of aromatic nitrogens is 2. The van der Waals surface area contributed by atoms with Crippen LogP contribution in [0.4, 0.5) is 0 Å². The first-order valence-electron chi connectivity index (χ1n) is 5.34. The van der Waals surface area contributed by atoms with Crippen molar-refractivity contribution in [2.45, 2.75) is 18.9 Å². The maximum atomic E-state index is 6.01. The minimum atomic E-state index is 0.163. The monoisotopic (exact) mass is 277 g/mol. The van der Waals surface area contributed by atoms with Gasteiger partial charge in [-0.25, -0.2) is 4.68 Å². The molecule has 2 aromatic rings. The Morgan fingerprint density at radius 1 is 1.44 bits per heavy atom. The molecule has 0 bridgehead atoms. The molecule has 3 nitrogen and oxygen atoms in total. The van der Waals surface area contributed by atoms with Crippen molar-refractivity contribution in [3.05, 3.63) is 46.2 Å². The van der Waals surface area contributed by atoms with Gasteiger partial charge in [0.2, 0.25) is 0 Å². The van der Waals surface area contributed by atoms with Crippen LogP contribution >= 0.6 is 15.9 Å². The quantitative estimate of drug-likeness (QED) is 0.871. The van der Waals surface area contributed by atoms with Gasteiger partial charge in [-0.05, 0) is 31.0 Å². The van der Waals surface area contributed by atoms with Gasteiger partial charge in [0, 0.05) is 21.8 Å². The van der Waals surface area contributed by atoms with Gasteiger partial charge >= 0.3 is 0 Å². The lowest BCUT2D eigenvalue weighted by molar-refractivity contribution is 0.692. The van der Waals surface area contributed by atoms with Gasteiger partial charge in [-0.15, -0.1) is 0 Å². The number of hydrogen-bond donors (Lipinski definition) is 1. The zero-order valence-electron chi connectivity index (χ0n) is 8.73. The van der Waals surface area contributed by atoms with E-state index in [-0.39, 0.29) is 6.04 Å². The maximum absolute atomic E-state index is 6.01. The lowest BCUT2D eigenvalue weighted by atomic mass is 10.2. The molecule has 2 N–H and O–H groups in total. The summed E-state index contributed by atoms with van der Waals surface area (Å²) in [7, 11) is 0. The summed E-state index contributed by atoms with van der Waals surface area (Å²) in [6, 6.07) is 8.32. The standard InChI is InChI=1S/C12H12BrN3/c13-8-2-1-3-9(6-8)16-12-5-4-11(14)10(12)7-15-16/h1-3,6-7,11H,4-5,14H2. The third-order valence-electron chi connectivity index (χ3n) is 3.05. The van der Waals surface area contributed by atoms with Crippen LogP contribution in [0.2, 0.25) is 0 Å². The molecule has 1 heterocycles. The fourth-order valence-corrected chi connectivity index (χ4v) is 2.61. The van der Waals surface area contributed by atoms with Crippen LogP contribution in [-0.2, 0) is 6.42 Å². The number of fused-ring (bicyclic) bond motifs is 1. The van der Waals surface area contributed by atoms with Gasteiger partial charge in [0.15, 0.2) is 0 Å². The van der Waals surface area contributed by atoms with Crippen molar-refractivity contribution in [3.63, 3.8) is 0 Å². The van der Waals surface area contributed by atoms with Crippen LogP contribution in [0.1, 0.15) is 23.7 Å². The van der Waals surface area contributed by atoms with E-state index < -0.39 is 0 Å². The molecule has 0 saturated carbocycles. The fraction of sp³-hybridized carbons (Fsp3) is 0.250. The smallest absolute Gasteiger partial charge is 0.0660 e. The minimum Gasteiger partial charge on any atom is -0.324 e. The molecule has 1 aromatic carbocycles. The molecular weight excluding hydrogens is 266 g/mol. The van der Waals surface area contributed by atoms with Gasteiger partial charge in [0.1, 0.15) is 0 Å². The zero-order valence-corrected chi connectivity index (χ0v) is 10.3. The van der Waals surface area contributed by atoms with E-state index in [1.54, 1.807) is 0 Å². The molecule has 0 fully saturated rings. The number of nitrogens with zero attached hydrogens (tertiary/aromatic N) is 2. The molecule has 0 amide bonds. The van der Waals surface area contributed by atoms with Gasteiger partial charge in [0.25, 0.3) is 0 Å². The zero-order chi connectivity index (χ0) is 11.1. The second kappa shape index (κ2) is 3.71. The van der Waals surface area contributed by atoms with E-state index in [0.717, 1.165) is 23.0 Å². The van der Waals surface area contributed by atoms with Gasteiger partial charge in [-0.1, -0.05) is 22.0 Å². The summed E-state index contributed by atoms with van der Waals surface area (Å²) in [4.78, 5) is 0. The number of halogens is 1. The van der Waals surface area contributed by atoms with Gasteiger partial charge < -0.3 is 5.73 Å². The number of rotatable bonds is 1. The van der Waals surface area contributed by atoms with Crippen molar-refractivity contribution in [1.82, 2.24) is 9.78 Å². The normalized spacial score (nSPS) is 18.8. The second-order valence-corrected chi connectivity index (χ2v) is 5.00. The lowest BCUT2D eigenvalue weighted by Crippen LogP contribution is -2.03. The molecule has 0 aliphatic heterocycles. The summed E-state index contributed by atoms with van der Waals surface area (Å²) < 4.78 is 3.06. The predicted molar refractivity (Wildman–Crippen MR) is 66.5 cm³/mol. The van der Waals surface area contributed by atoms with Crippen LogP contribution in [0, 0.1) is 0 Å². The van der Waals surface area contributed by atoms with E-state index in [4.69, 9.17) is 5.73 Å². The first kappa shape index (κ1) is 10.1. The third kappa shape index (κ3) is 1.49. The Labute approximate surface area is 102 Å². The molecule has 16 heavy (non-hydrogen) atoms. The van der Waals surface area contributed by atoms with E-state index in [1.165, 1.54) is 11.3 Å². The largest absolute Gasteiger partial charge is 0.324 e. The van der Waals surface area contributed by atoms with Crippen LogP contribution in [0.3, 0.4) is 0 Å². The summed E-state index contributed by atoms with van der Waals surface area (Å²) in [5, 5.41) is 4.42. The van der Waals surface area contributed by atoms with Crippen LogP contribution in [0.15, 0.2) is 34.9 Å². The Morgan fingerprint density at radius 2 is 2.31 bits per heavy atom. The van der Waals surface area contributed by atoms with Crippen molar-refractivity contribution < 1.29 is 0 Å². The van der Waals surface area contributed by atoms with Crippen molar-refractivity contribution in [3.8, 4) is 5.69 Å². The van der Waals surface area contributed by atoms with E-state index in [0.29, 0.717) is 0 Å². The third-order valence-corrected chi connectivity index (χ3v) is 3.54. The van der Waals surface area contributed by atoms with Crippen molar-refractivity contribution in [2.75, 3.05) is 0 Å². The second-order valence-electron chi connectivity index (χ2n) is 4.08. The van der Waals surface area contributed by atoms with Crippen molar-refractivity contribution >= 4 is 15.9 Å². The Kier molecular flexibility index (Phi) is 2.33. The summed E-state index contributed by atoms with van der Waals surface area (Å²) in [5.41, 5.74) is 9.54. The van der Waals surface area contributed by atoms with Crippen LogP contribution in [0.25, 0.3) is 5.69 Å². The van der Waals surface area contributed by atoms with Crippen LogP contribution in [-0.4, -0.2) is 9.78 Å². The van der Waals surface area contributed by atoms with E-state index in [1.807, 2.05) is 23.0 Å². The van der Waals surface area contributed by atoms with Gasteiger partial charge in [0.05, 0.1) is 11.9 Å². The van der Waals surface area contributed by atoms with E-state index in [2.05, 4.69) is 33.2 Å². The molecule has 4 heteroatoms. The molecule has 3 rings (SSSR count). The highest BCUT2D eigenvalue weighted by Gasteiger charge is 2.24. The molecule has 0 saturated heterocycles. The molecule has 1 atom stereocenters. The highest BCUT2D eigenvalue weighted by atomic mass is 79.9. The topological polar surface area (TPSA) is 43.8 Å². The molecule has 0 spiro atoms. The molecule has 0 radical (unpaired) electrons. The van der Waals surface area contributed by atoms with E-state index in [9.17, 15) is 0 Å². The van der Waals surface area contributed by atoms with Crippen LogP contribution in [0.5, 0.6) is 0 Å². The minimum absolute atomic E-state index is 0.163. The molecule has 1 aliphatic rings. The molecule has 1 aliphatic carbocycles. The number of hydrogen-bond acceptors (Lipinski definition) is 2. The fourth-order valence-electron chi connectivity index (χ4n) is 2.22. The predicted octanol–water partition coefficient (Wildman–Crippen LogP) is 2.58. The number of benzene rings is 1. The van der Waals surface area contributed by atoms with Crippen LogP contribution < -0.4 is 5.73 Å². The summed E-state index contributed by atoms with van der Waals surface area (Å²) >= 11 is 3.47. The van der Waals surface area contributed by atoms with Gasteiger partial charge in [-0.2, -0.15) is 5.10 Å². The lowest BCUT2D eigenvalue weighted by Gasteiger charge is -2.05. The number of nitrogens with two attached hydrogens (primary N) is 1. The molecule has 1 unspecified atom stereocenters. The van der Waals surface area contributed by atoms with E-state index >= 15 is 0 Å². The van der Waals surface area contributed by atoms with Crippen molar-refractivity contribution in [1.29, 1.82) is 0 Å². The maximum Gasteiger partial charge on any atom is 0.0660 e. The Hall–Kier alpha value is -1.13. The molecule has 82 valence electrons. The molecule has 1 aromatic heterocycles. The summed E-state index contributed by atoms with van der Waals surface area (Å²) in [6.07, 6.45) is 3.94. The highest BCUT2D eigenvalue weighted by Crippen LogP contribution is 2.30. The first-order valence-corrected chi connectivity index (χ1v) is 6.13. The average Bonchev–Trinajstić information content (AvgIpc) is 2.82. The SMILES string of the molecule is NC1CCc2c1cnn2-c1cccc(Br)c1. The Morgan fingerprint density at radius 3 is 3.12 bits per heavy atom. The summed E-state index contributed by atoms with van der Waals surface area (Å²) in [6.45, 7) is 0. The Balaban J connectivity index is 2.11. The van der Waals surface area contributed by atoms with Crippen molar-refractivity contribution in [2.24, 2.45) is 5.73 Å².